The van der Waals surface area contributed by atoms with Crippen LogP contribution in [0.15, 0.2) is 41.6 Å². The number of hydrazone groups is 1. The van der Waals surface area contributed by atoms with E-state index >= 15 is 0 Å². The van der Waals surface area contributed by atoms with Crippen LogP contribution in [-0.4, -0.2) is 11.2 Å². The standard InChI is InChI=1S/C13H8F5N3/c14-10-3-1-8(11(15)5-10)6-20-21-12-4-2-9(7-19-12)13(16,17)18/h1-7H,(H,19,21). The summed E-state index contributed by atoms with van der Waals surface area (Å²) in [6.45, 7) is 0. The summed E-state index contributed by atoms with van der Waals surface area (Å²) in [5.41, 5.74) is 1.48. The molecule has 0 aliphatic rings. The maximum absolute atomic E-state index is 13.3. The van der Waals surface area contributed by atoms with Gasteiger partial charge < -0.3 is 0 Å². The second-order valence-corrected chi connectivity index (χ2v) is 3.97. The van der Waals surface area contributed by atoms with Crippen molar-refractivity contribution in [3.05, 3.63) is 59.3 Å². The first kappa shape index (κ1) is 14.9. The fraction of sp³-hybridized carbons (Fsp3) is 0.0769. The highest BCUT2D eigenvalue weighted by molar-refractivity contribution is 5.80. The summed E-state index contributed by atoms with van der Waals surface area (Å²) in [6, 6.07) is 4.85. The average Bonchev–Trinajstić information content (AvgIpc) is 2.41. The van der Waals surface area contributed by atoms with Crippen LogP contribution in [0.25, 0.3) is 0 Å². The molecule has 1 heterocycles. The lowest BCUT2D eigenvalue weighted by Gasteiger charge is -2.06. The molecule has 0 unspecified atom stereocenters. The Balaban J connectivity index is 2.04. The lowest BCUT2D eigenvalue weighted by Crippen LogP contribution is -2.05. The number of nitrogens with zero attached hydrogens (tertiary/aromatic N) is 2. The predicted octanol–water partition coefficient (Wildman–Crippen LogP) is 3.82. The Hall–Kier alpha value is -2.51. The summed E-state index contributed by atoms with van der Waals surface area (Å²) in [7, 11) is 0. The third kappa shape index (κ3) is 3.98. The van der Waals surface area contributed by atoms with Crippen molar-refractivity contribution in [2.75, 3.05) is 5.43 Å². The van der Waals surface area contributed by atoms with Gasteiger partial charge in [-0.3, -0.25) is 5.43 Å². The van der Waals surface area contributed by atoms with E-state index in [9.17, 15) is 22.0 Å². The van der Waals surface area contributed by atoms with Gasteiger partial charge in [-0.05, 0) is 24.3 Å². The summed E-state index contributed by atoms with van der Waals surface area (Å²) >= 11 is 0. The molecule has 0 fully saturated rings. The van der Waals surface area contributed by atoms with Crippen LogP contribution < -0.4 is 5.43 Å². The van der Waals surface area contributed by atoms with Gasteiger partial charge in [-0.2, -0.15) is 18.3 Å². The van der Waals surface area contributed by atoms with Crippen molar-refractivity contribution in [1.29, 1.82) is 0 Å². The van der Waals surface area contributed by atoms with Crippen molar-refractivity contribution in [1.82, 2.24) is 4.98 Å². The van der Waals surface area contributed by atoms with Crippen molar-refractivity contribution in [3.63, 3.8) is 0 Å². The van der Waals surface area contributed by atoms with Gasteiger partial charge in [-0.15, -0.1) is 0 Å². The van der Waals surface area contributed by atoms with Gasteiger partial charge in [0.1, 0.15) is 17.5 Å². The van der Waals surface area contributed by atoms with Gasteiger partial charge in [0, 0.05) is 17.8 Å². The molecule has 2 aromatic rings. The highest BCUT2D eigenvalue weighted by atomic mass is 19.4. The van der Waals surface area contributed by atoms with Crippen LogP contribution in [0.4, 0.5) is 27.8 Å². The molecule has 0 radical (unpaired) electrons. The van der Waals surface area contributed by atoms with E-state index in [0.717, 1.165) is 24.4 Å². The molecule has 0 saturated heterocycles. The SMILES string of the molecule is Fc1ccc(C=NNc2ccc(C(F)(F)F)cn2)c(F)c1. The number of hydrogen-bond donors (Lipinski definition) is 1. The highest BCUT2D eigenvalue weighted by Crippen LogP contribution is 2.28. The van der Waals surface area contributed by atoms with Gasteiger partial charge in [-0.25, -0.2) is 13.8 Å². The Morgan fingerprint density at radius 1 is 1.10 bits per heavy atom. The second-order valence-electron chi connectivity index (χ2n) is 3.97. The van der Waals surface area contributed by atoms with E-state index in [4.69, 9.17) is 0 Å². The molecular weight excluding hydrogens is 293 g/mol. The van der Waals surface area contributed by atoms with E-state index < -0.39 is 23.4 Å². The van der Waals surface area contributed by atoms with Crippen molar-refractivity contribution in [3.8, 4) is 0 Å². The summed E-state index contributed by atoms with van der Waals surface area (Å²) in [5, 5.41) is 3.61. The lowest BCUT2D eigenvalue weighted by atomic mass is 10.2. The molecule has 1 aromatic carbocycles. The minimum atomic E-state index is -4.47. The third-order valence-corrected chi connectivity index (χ3v) is 2.44. The first-order valence-electron chi connectivity index (χ1n) is 5.63. The minimum absolute atomic E-state index is 0.0239. The third-order valence-electron chi connectivity index (χ3n) is 2.44. The first-order valence-corrected chi connectivity index (χ1v) is 5.63. The van der Waals surface area contributed by atoms with E-state index in [2.05, 4.69) is 15.5 Å². The van der Waals surface area contributed by atoms with Gasteiger partial charge in [0.25, 0.3) is 0 Å². The van der Waals surface area contributed by atoms with E-state index in [1.807, 2.05) is 0 Å². The van der Waals surface area contributed by atoms with Crippen LogP contribution in [0.5, 0.6) is 0 Å². The van der Waals surface area contributed by atoms with Crippen molar-refractivity contribution < 1.29 is 22.0 Å². The van der Waals surface area contributed by atoms with E-state index in [0.29, 0.717) is 12.3 Å². The van der Waals surface area contributed by atoms with E-state index in [1.165, 1.54) is 6.07 Å². The average molecular weight is 301 g/mol. The summed E-state index contributed by atoms with van der Waals surface area (Å²) < 4.78 is 62.9. The van der Waals surface area contributed by atoms with Crippen LogP contribution in [0.2, 0.25) is 0 Å². The van der Waals surface area contributed by atoms with Crippen LogP contribution in [-0.2, 0) is 6.18 Å². The molecule has 2 rings (SSSR count). The number of pyridine rings is 1. The van der Waals surface area contributed by atoms with E-state index in [1.54, 1.807) is 0 Å². The van der Waals surface area contributed by atoms with Crippen LogP contribution in [0.3, 0.4) is 0 Å². The van der Waals surface area contributed by atoms with Gasteiger partial charge in [0.05, 0.1) is 11.8 Å². The monoisotopic (exact) mass is 301 g/mol. The molecule has 8 heteroatoms. The smallest absolute Gasteiger partial charge is 0.261 e. The zero-order chi connectivity index (χ0) is 15.5. The zero-order valence-corrected chi connectivity index (χ0v) is 10.3. The van der Waals surface area contributed by atoms with Crippen LogP contribution in [0, 0.1) is 11.6 Å². The fourth-order valence-electron chi connectivity index (χ4n) is 1.40. The molecule has 0 spiro atoms. The predicted molar refractivity (Wildman–Crippen MR) is 66.8 cm³/mol. The van der Waals surface area contributed by atoms with Gasteiger partial charge >= 0.3 is 6.18 Å². The van der Waals surface area contributed by atoms with Crippen LogP contribution in [0.1, 0.15) is 11.1 Å². The van der Waals surface area contributed by atoms with Gasteiger partial charge in [0.2, 0.25) is 0 Å². The molecule has 0 amide bonds. The lowest BCUT2D eigenvalue weighted by molar-refractivity contribution is -0.137. The molecule has 1 aromatic heterocycles. The Morgan fingerprint density at radius 3 is 2.43 bits per heavy atom. The Kier molecular flexibility index (Phi) is 4.15. The number of aromatic nitrogens is 1. The first-order chi connectivity index (χ1) is 9.86. The molecular formula is C13H8F5N3. The molecule has 0 aliphatic carbocycles. The summed E-state index contributed by atoms with van der Waals surface area (Å²) in [5.74, 6) is -1.47. The minimum Gasteiger partial charge on any atom is -0.261 e. The summed E-state index contributed by atoms with van der Waals surface area (Å²) in [6.07, 6.45) is -2.75. The zero-order valence-electron chi connectivity index (χ0n) is 10.3. The van der Waals surface area contributed by atoms with Crippen molar-refractivity contribution in [2.45, 2.75) is 6.18 Å². The molecule has 0 saturated carbocycles. The fourth-order valence-corrected chi connectivity index (χ4v) is 1.40. The number of benzene rings is 1. The number of anilines is 1. The molecule has 0 bridgehead atoms. The largest absolute Gasteiger partial charge is 0.417 e. The number of nitrogens with one attached hydrogen (secondary N) is 1. The highest BCUT2D eigenvalue weighted by Gasteiger charge is 2.30. The maximum atomic E-state index is 13.3. The molecule has 0 atom stereocenters. The summed E-state index contributed by atoms with van der Waals surface area (Å²) in [4.78, 5) is 3.51. The topological polar surface area (TPSA) is 37.3 Å². The number of alkyl halides is 3. The molecule has 21 heavy (non-hydrogen) atoms. The number of halogens is 5. The molecule has 3 nitrogen and oxygen atoms in total. The Morgan fingerprint density at radius 2 is 1.86 bits per heavy atom. The molecule has 0 aliphatic heterocycles. The second kappa shape index (κ2) is 5.86. The van der Waals surface area contributed by atoms with Crippen LogP contribution >= 0.6 is 0 Å². The van der Waals surface area contributed by atoms with Crippen molar-refractivity contribution >= 4 is 12.0 Å². The van der Waals surface area contributed by atoms with Gasteiger partial charge in [0.15, 0.2) is 0 Å². The Bertz CT molecular complexity index is 650. The maximum Gasteiger partial charge on any atom is 0.417 e. The quantitative estimate of drug-likeness (QED) is 0.531. The molecule has 1 N–H and O–H groups in total. The number of hydrogen-bond acceptors (Lipinski definition) is 3. The van der Waals surface area contributed by atoms with E-state index in [-0.39, 0.29) is 11.4 Å². The number of rotatable bonds is 3. The Labute approximate surface area is 116 Å². The van der Waals surface area contributed by atoms with Gasteiger partial charge in [-0.1, -0.05) is 0 Å². The van der Waals surface area contributed by atoms with Crippen molar-refractivity contribution in [2.24, 2.45) is 5.10 Å². The molecule has 110 valence electrons. The normalized spacial score (nSPS) is 11.9.